The third-order valence-electron chi connectivity index (χ3n) is 5.03. The van der Waals surface area contributed by atoms with Gasteiger partial charge in [-0.15, -0.1) is 0 Å². The molecule has 0 heterocycles. The van der Waals surface area contributed by atoms with Gasteiger partial charge in [-0.1, -0.05) is 44.4 Å². The van der Waals surface area contributed by atoms with Crippen molar-refractivity contribution in [3.63, 3.8) is 0 Å². The van der Waals surface area contributed by atoms with Gasteiger partial charge in [-0.2, -0.15) is 0 Å². The number of hydrogen-bond acceptors (Lipinski definition) is 3. The Morgan fingerprint density at radius 3 is 2.69 bits per heavy atom. The van der Waals surface area contributed by atoms with Gasteiger partial charge in [-0.25, -0.2) is 0 Å². The molecule has 7 heteroatoms. The van der Waals surface area contributed by atoms with Crippen molar-refractivity contribution in [3.8, 4) is 0 Å². The van der Waals surface area contributed by atoms with Crippen molar-refractivity contribution in [1.29, 1.82) is 0 Å². The monoisotopic (exact) mass is 376 g/mol. The molecule has 0 bridgehead atoms. The lowest BCUT2D eigenvalue weighted by Crippen LogP contribution is -2.53. The van der Waals surface area contributed by atoms with E-state index in [1.165, 1.54) is 12.8 Å². The minimum atomic E-state index is -0.361. The quantitative estimate of drug-likeness (QED) is 0.478. The fraction of sp³-hybridized carbons (Fsp3) is 0.526. The van der Waals surface area contributed by atoms with Crippen molar-refractivity contribution >= 4 is 29.1 Å². The van der Waals surface area contributed by atoms with Crippen LogP contribution in [0.15, 0.2) is 24.3 Å². The van der Waals surface area contributed by atoms with Crippen molar-refractivity contribution in [2.24, 2.45) is 11.8 Å². The van der Waals surface area contributed by atoms with Crippen LogP contribution in [0.4, 0.5) is 0 Å². The summed E-state index contributed by atoms with van der Waals surface area (Å²) in [6.45, 7) is 6.27. The topological polar surface area (TPSA) is 82.3 Å². The SMILES string of the molecule is Cc1cccc(C(=O)NCC(=O)NNC(=S)N[C@@H]2CCC[C@H](C)[C@@H]2C)c1. The summed E-state index contributed by atoms with van der Waals surface area (Å²) < 4.78 is 0. The van der Waals surface area contributed by atoms with Gasteiger partial charge >= 0.3 is 0 Å². The zero-order valence-corrected chi connectivity index (χ0v) is 16.4. The zero-order chi connectivity index (χ0) is 19.1. The highest BCUT2D eigenvalue weighted by molar-refractivity contribution is 7.80. The molecule has 1 aromatic carbocycles. The molecule has 142 valence electrons. The van der Waals surface area contributed by atoms with Crippen LogP contribution in [0.5, 0.6) is 0 Å². The first-order valence-corrected chi connectivity index (χ1v) is 9.48. The Bertz CT molecular complexity index is 665. The van der Waals surface area contributed by atoms with E-state index >= 15 is 0 Å². The average Bonchev–Trinajstić information content (AvgIpc) is 2.61. The Morgan fingerprint density at radius 2 is 1.96 bits per heavy atom. The number of thiocarbonyl (C=S) groups is 1. The molecule has 0 aromatic heterocycles. The Morgan fingerprint density at radius 1 is 1.19 bits per heavy atom. The summed E-state index contributed by atoms with van der Waals surface area (Å²) in [5, 5.41) is 6.26. The lowest BCUT2D eigenvalue weighted by Gasteiger charge is -2.35. The molecule has 6 nitrogen and oxygen atoms in total. The van der Waals surface area contributed by atoms with Crippen LogP contribution >= 0.6 is 12.2 Å². The van der Waals surface area contributed by atoms with Crippen molar-refractivity contribution in [3.05, 3.63) is 35.4 Å². The summed E-state index contributed by atoms with van der Waals surface area (Å²) in [5.41, 5.74) is 6.74. The van der Waals surface area contributed by atoms with E-state index < -0.39 is 0 Å². The molecule has 1 saturated carbocycles. The lowest BCUT2D eigenvalue weighted by atomic mass is 9.78. The first-order valence-electron chi connectivity index (χ1n) is 9.07. The van der Waals surface area contributed by atoms with E-state index in [-0.39, 0.29) is 18.4 Å². The molecule has 1 aliphatic carbocycles. The van der Waals surface area contributed by atoms with Crippen molar-refractivity contribution < 1.29 is 9.59 Å². The molecule has 0 spiro atoms. The molecule has 26 heavy (non-hydrogen) atoms. The summed E-state index contributed by atoms with van der Waals surface area (Å²) in [4.78, 5) is 23.9. The molecular formula is C19H28N4O2S. The van der Waals surface area contributed by atoms with Gasteiger partial charge in [0.1, 0.15) is 0 Å². The van der Waals surface area contributed by atoms with Crippen molar-refractivity contribution in [2.45, 2.75) is 46.1 Å². The van der Waals surface area contributed by atoms with Gasteiger partial charge < -0.3 is 10.6 Å². The van der Waals surface area contributed by atoms with E-state index in [1.807, 2.05) is 19.1 Å². The number of aryl methyl sites for hydroxylation is 1. The second kappa shape index (κ2) is 9.52. The van der Waals surface area contributed by atoms with Crippen LogP contribution in [-0.4, -0.2) is 29.5 Å². The number of carbonyl (C=O) groups is 2. The number of hydrogen-bond donors (Lipinski definition) is 4. The first kappa shape index (κ1) is 20.2. The minimum Gasteiger partial charge on any atom is -0.358 e. The van der Waals surface area contributed by atoms with Gasteiger partial charge in [0.15, 0.2) is 5.11 Å². The lowest BCUT2D eigenvalue weighted by molar-refractivity contribution is -0.120. The van der Waals surface area contributed by atoms with E-state index in [2.05, 4.69) is 35.3 Å². The highest BCUT2D eigenvalue weighted by Gasteiger charge is 2.27. The molecule has 3 atom stereocenters. The van der Waals surface area contributed by atoms with Crippen LogP contribution in [0.3, 0.4) is 0 Å². The molecule has 1 aliphatic rings. The van der Waals surface area contributed by atoms with E-state index in [1.54, 1.807) is 12.1 Å². The van der Waals surface area contributed by atoms with Crippen LogP contribution in [0.1, 0.15) is 49.0 Å². The molecule has 1 aromatic rings. The molecule has 0 unspecified atom stereocenters. The van der Waals surface area contributed by atoms with E-state index in [0.29, 0.717) is 28.6 Å². The van der Waals surface area contributed by atoms with Gasteiger partial charge in [-0.3, -0.25) is 20.4 Å². The maximum Gasteiger partial charge on any atom is 0.257 e. The number of rotatable bonds is 4. The van der Waals surface area contributed by atoms with Crippen LogP contribution < -0.4 is 21.5 Å². The summed E-state index contributed by atoms with van der Waals surface area (Å²) in [5.74, 6) is 0.554. The van der Waals surface area contributed by atoms with E-state index in [0.717, 1.165) is 12.0 Å². The standard InChI is InChI=1S/C19H28N4O2S/c1-12-6-4-8-15(10-12)18(25)20-11-17(24)22-23-19(26)21-16-9-5-7-13(2)14(16)3/h4,6,8,10,13-14,16H,5,7,9,11H2,1-3H3,(H,20,25)(H,22,24)(H2,21,23,26)/t13-,14-,16+/m0/s1. The van der Waals surface area contributed by atoms with Crippen LogP contribution in [-0.2, 0) is 4.79 Å². The number of hydrazine groups is 1. The molecule has 2 amide bonds. The fourth-order valence-electron chi connectivity index (χ4n) is 3.21. The molecule has 0 radical (unpaired) electrons. The Hall–Kier alpha value is -2.15. The molecule has 2 rings (SSSR count). The van der Waals surface area contributed by atoms with Gasteiger partial charge in [0.25, 0.3) is 11.8 Å². The highest BCUT2D eigenvalue weighted by Crippen LogP contribution is 2.29. The van der Waals surface area contributed by atoms with Crippen LogP contribution in [0.2, 0.25) is 0 Å². The minimum absolute atomic E-state index is 0.126. The molecule has 0 aliphatic heterocycles. The van der Waals surface area contributed by atoms with Crippen molar-refractivity contribution in [2.75, 3.05) is 6.54 Å². The maximum absolute atomic E-state index is 12.0. The largest absolute Gasteiger partial charge is 0.358 e. The number of benzene rings is 1. The summed E-state index contributed by atoms with van der Waals surface area (Å²) in [7, 11) is 0. The predicted octanol–water partition coefficient (Wildman–Crippen LogP) is 2.04. The summed E-state index contributed by atoms with van der Waals surface area (Å²) in [6, 6.07) is 7.52. The van der Waals surface area contributed by atoms with E-state index in [4.69, 9.17) is 12.2 Å². The third-order valence-corrected chi connectivity index (χ3v) is 5.25. The molecule has 4 N–H and O–H groups in total. The van der Waals surface area contributed by atoms with E-state index in [9.17, 15) is 9.59 Å². The molecule has 1 fully saturated rings. The Balaban J connectivity index is 1.69. The summed E-state index contributed by atoms with van der Waals surface area (Å²) in [6.07, 6.45) is 3.51. The number of carbonyl (C=O) groups excluding carboxylic acids is 2. The average molecular weight is 377 g/mol. The smallest absolute Gasteiger partial charge is 0.257 e. The predicted molar refractivity (Wildman–Crippen MR) is 106 cm³/mol. The van der Waals surface area contributed by atoms with Gasteiger partial charge in [-0.05, 0) is 49.5 Å². The second-order valence-corrected chi connectivity index (χ2v) is 7.48. The number of amides is 2. The third kappa shape index (κ3) is 5.98. The fourth-order valence-corrected chi connectivity index (χ4v) is 3.41. The van der Waals surface area contributed by atoms with Gasteiger partial charge in [0.2, 0.25) is 0 Å². The van der Waals surface area contributed by atoms with Crippen molar-refractivity contribution in [1.82, 2.24) is 21.5 Å². The first-order chi connectivity index (χ1) is 12.4. The molecular weight excluding hydrogens is 348 g/mol. The van der Waals surface area contributed by atoms with Crippen LogP contribution in [0.25, 0.3) is 0 Å². The molecule has 0 saturated heterocycles. The van der Waals surface area contributed by atoms with Gasteiger partial charge in [0.05, 0.1) is 6.54 Å². The van der Waals surface area contributed by atoms with Gasteiger partial charge in [0, 0.05) is 11.6 Å². The number of nitrogens with one attached hydrogen (secondary N) is 4. The summed E-state index contributed by atoms with van der Waals surface area (Å²) >= 11 is 5.25. The Labute approximate surface area is 160 Å². The van der Waals surface area contributed by atoms with Crippen LogP contribution in [0, 0.1) is 18.8 Å². The Kier molecular flexibility index (Phi) is 7.38. The zero-order valence-electron chi connectivity index (χ0n) is 15.6. The normalized spacial score (nSPS) is 22.2. The maximum atomic E-state index is 12.0. The highest BCUT2D eigenvalue weighted by atomic mass is 32.1. The second-order valence-electron chi connectivity index (χ2n) is 7.07.